The van der Waals surface area contributed by atoms with Crippen LogP contribution >= 0.6 is 0 Å². The molecule has 2 aliphatic rings. The van der Waals surface area contributed by atoms with Crippen LogP contribution < -0.4 is 0 Å². The first-order valence-corrected chi connectivity index (χ1v) is 9.02. The molecule has 1 aromatic heterocycles. The zero-order valence-corrected chi connectivity index (χ0v) is 14.3. The first-order chi connectivity index (χ1) is 11.2. The lowest BCUT2D eigenvalue weighted by atomic mass is 10.0. The molecule has 1 saturated carbocycles. The Labute approximate surface area is 138 Å². The number of hydrogen-bond acceptors (Lipinski definition) is 3. The van der Waals surface area contributed by atoms with Crippen LogP contribution in [0.4, 0.5) is 0 Å². The Morgan fingerprint density at radius 1 is 1.43 bits per heavy atom. The molecule has 1 aliphatic heterocycles. The van der Waals surface area contributed by atoms with Gasteiger partial charge >= 0.3 is 0 Å². The Hall–Kier alpha value is -1.65. The van der Waals surface area contributed by atoms with Crippen LogP contribution in [0.2, 0.25) is 0 Å². The Morgan fingerprint density at radius 3 is 3.04 bits per heavy atom. The van der Waals surface area contributed by atoms with E-state index in [0.29, 0.717) is 23.7 Å². The molecule has 0 bridgehead atoms. The van der Waals surface area contributed by atoms with E-state index >= 15 is 0 Å². The van der Waals surface area contributed by atoms with Crippen LogP contribution in [-0.2, 0) is 11.3 Å². The Bertz CT molecular complexity index is 565. The third kappa shape index (κ3) is 4.01. The number of rotatable bonds is 5. The highest BCUT2D eigenvalue weighted by atomic mass is 16.2. The number of nitrogens with zero attached hydrogens (tertiary/aromatic N) is 4. The normalized spacial score (nSPS) is 28.1. The number of amides is 1. The average molecular weight is 316 g/mol. The summed E-state index contributed by atoms with van der Waals surface area (Å²) in [6.45, 7) is 6.84. The minimum atomic E-state index is 0.311. The molecule has 2 heterocycles. The zero-order valence-electron chi connectivity index (χ0n) is 14.3. The van der Waals surface area contributed by atoms with E-state index < -0.39 is 0 Å². The van der Waals surface area contributed by atoms with Crippen molar-refractivity contribution in [1.29, 1.82) is 0 Å². The molecular weight excluding hydrogens is 288 g/mol. The van der Waals surface area contributed by atoms with Gasteiger partial charge in [-0.1, -0.05) is 31.1 Å². The first kappa shape index (κ1) is 16.2. The minimum absolute atomic E-state index is 0.311. The second-order valence-corrected chi connectivity index (χ2v) is 7.02. The van der Waals surface area contributed by atoms with Gasteiger partial charge in [0.25, 0.3) is 0 Å². The summed E-state index contributed by atoms with van der Waals surface area (Å²) < 4.78 is 1.93. The number of carbonyl (C=O) groups is 1. The molecule has 0 spiro atoms. The molecule has 126 valence electrons. The quantitative estimate of drug-likeness (QED) is 0.839. The van der Waals surface area contributed by atoms with Gasteiger partial charge < -0.3 is 4.90 Å². The molecule has 1 unspecified atom stereocenters. The van der Waals surface area contributed by atoms with E-state index in [1.807, 2.05) is 30.0 Å². The van der Waals surface area contributed by atoms with Crippen LogP contribution in [0.3, 0.4) is 0 Å². The van der Waals surface area contributed by atoms with Crippen molar-refractivity contribution in [3.05, 3.63) is 18.0 Å². The van der Waals surface area contributed by atoms with Gasteiger partial charge in [0.1, 0.15) is 5.69 Å². The maximum atomic E-state index is 12.7. The predicted molar refractivity (Wildman–Crippen MR) is 90.5 cm³/mol. The summed E-state index contributed by atoms with van der Waals surface area (Å²) in [6, 6.07) is 0. The smallest absolute Gasteiger partial charge is 0.225 e. The molecule has 0 N–H and O–H groups in total. The van der Waals surface area contributed by atoms with Crippen molar-refractivity contribution in [3.8, 4) is 0 Å². The fraction of sp³-hybridized carbons (Fsp3) is 0.722. The van der Waals surface area contributed by atoms with Crippen LogP contribution in [-0.4, -0.2) is 38.9 Å². The molecule has 5 nitrogen and oxygen atoms in total. The molecule has 3 atom stereocenters. The van der Waals surface area contributed by atoms with Gasteiger partial charge in [0.2, 0.25) is 5.91 Å². The zero-order chi connectivity index (χ0) is 16.2. The van der Waals surface area contributed by atoms with Crippen molar-refractivity contribution in [1.82, 2.24) is 19.9 Å². The second-order valence-electron chi connectivity index (χ2n) is 7.02. The molecule has 1 saturated heterocycles. The molecule has 23 heavy (non-hydrogen) atoms. The predicted octanol–water partition coefficient (Wildman–Crippen LogP) is 2.99. The highest BCUT2D eigenvalue weighted by molar-refractivity contribution is 5.81. The molecule has 1 aromatic rings. The van der Waals surface area contributed by atoms with E-state index in [1.54, 1.807) is 0 Å². The summed E-state index contributed by atoms with van der Waals surface area (Å²) in [5.74, 6) is 1.84. The van der Waals surface area contributed by atoms with Crippen molar-refractivity contribution in [2.45, 2.75) is 52.5 Å². The number of aromatic nitrogens is 3. The van der Waals surface area contributed by atoms with Crippen LogP contribution in [0.1, 0.15) is 51.6 Å². The fourth-order valence-electron chi connectivity index (χ4n) is 3.73. The van der Waals surface area contributed by atoms with E-state index in [0.717, 1.165) is 44.6 Å². The number of hydrogen-bond donors (Lipinski definition) is 0. The van der Waals surface area contributed by atoms with E-state index in [2.05, 4.69) is 22.1 Å². The van der Waals surface area contributed by atoms with Crippen molar-refractivity contribution < 1.29 is 4.79 Å². The summed E-state index contributed by atoms with van der Waals surface area (Å²) in [5, 5.41) is 8.37. The molecule has 1 amide bonds. The Morgan fingerprint density at radius 2 is 2.30 bits per heavy atom. The molecule has 3 rings (SSSR count). The SMILES string of the molecule is C/C=C/c1cn(CC2CCCCN(C(=O)[C@@H]3C[C@H]3CC)C2)nn1. The Kier molecular flexibility index (Phi) is 5.13. The van der Waals surface area contributed by atoms with Crippen LogP contribution in [0.5, 0.6) is 0 Å². The standard InChI is InChI=1S/C18H28N4O/c1-3-7-16-13-22(20-19-16)12-14-8-5-6-9-21(11-14)18(23)17-10-15(17)4-2/h3,7,13-15,17H,4-6,8-12H2,1-2H3/b7-3+/t14?,15-,17-/m1/s1. The van der Waals surface area contributed by atoms with Gasteiger partial charge in [-0.15, -0.1) is 5.10 Å². The lowest BCUT2D eigenvalue weighted by molar-refractivity contribution is -0.133. The number of carbonyl (C=O) groups excluding carboxylic acids is 1. The Balaban J connectivity index is 1.59. The van der Waals surface area contributed by atoms with E-state index in [4.69, 9.17) is 0 Å². The number of likely N-dealkylation sites (tertiary alicyclic amines) is 1. The largest absolute Gasteiger partial charge is 0.342 e. The van der Waals surface area contributed by atoms with Crippen molar-refractivity contribution in [2.24, 2.45) is 17.8 Å². The number of allylic oxidation sites excluding steroid dienone is 1. The monoisotopic (exact) mass is 316 g/mol. The van der Waals surface area contributed by atoms with Gasteiger partial charge in [-0.05, 0) is 44.1 Å². The highest BCUT2D eigenvalue weighted by Gasteiger charge is 2.43. The highest BCUT2D eigenvalue weighted by Crippen LogP contribution is 2.42. The van der Waals surface area contributed by atoms with Crippen molar-refractivity contribution in [2.75, 3.05) is 13.1 Å². The van der Waals surface area contributed by atoms with Gasteiger partial charge in [-0.3, -0.25) is 9.48 Å². The summed E-state index contributed by atoms with van der Waals surface area (Å²) >= 11 is 0. The van der Waals surface area contributed by atoms with Crippen molar-refractivity contribution >= 4 is 12.0 Å². The second kappa shape index (κ2) is 7.28. The van der Waals surface area contributed by atoms with Gasteiger partial charge in [0.15, 0.2) is 0 Å². The molecule has 0 radical (unpaired) electrons. The van der Waals surface area contributed by atoms with Crippen LogP contribution in [0, 0.1) is 17.8 Å². The van der Waals surface area contributed by atoms with E-state index in [1.165, 1.54) is 12.8 Å². The molecule has 0 aromatic carbocycles. The summed E-state index contributed by atoms with van der Waals surface area (Å²) in [5.41, 5.74) is 0.901. The van der Waals surface area contributed by atoms with Gasteiger partial charge in [0.05, 0.1) is 6.20 Å². The van der Waals surface area contributed by atoms with Crippen LogP contribution in [0.15, 0.2) is 12.3 Å². The maximum Gasteiger partial charge on any atom is 0.225 e. The summed E-state index contributed by atoms with van der Waals surface area (Å²) in [7, 11) is 0. The minimum Gasteiger partial charge on any atom is -0.342 e. The summed E-state index contributed by atoms with van der Waals surface area (Å²) in [6.07, 6.45) is 11.7. The first-order valence-electron chi connectivity index (χ1n) is 9.02. The summed E-state index contributed by atoms with van der Waals surface area (Å²) in [4.78, 5) is 14.8. The van der Waals surface area contributed by atoms with E-state index in [9.17, 15) is 4.79 Å². The molecule has 1 aliphatic carbocycles. The van der Waals surface area contributed by atoms with Gasteiger partial charge in [-0.2, -0.15) is 0 Å². The third-order valence-electron chi connectivity index (χ3n) is 5.18. The molecular formula is C18H28N4O. The lowest BCUT2D eigenvalue weighted by Gasteiger charge is -2.24. The fourth-order valence-corrected chi connectivity index (χ4v) is 3.73. The van der Waals surface area contributed by atoms with Gasteiger partial charge in [-0.25, -0.2) is 0 Å². The van der Waals surface area contributed by atoms with Crippen molar-refractivity contribution in [3.63, 3.8) is 0 Å². The third-order valence-corrected chi connectivity index (χ3v) is 5.18. The molecule has 5 heteroatoms. The molecule has 2 fully saturated rings. The topological polar surface area (TPSA) is 51.0 Å². The van der Waals surface area contributed by atoms with E-state index in [-0.39, 0.29) is 0 Å². The van der Waals surface area contributed by atoms with Crippen LogP contribution in [0.25, 0.3) is 6.08 Å². The maximum absolute atomic E-state index is 12.7. The van der Waals surface area contributed by atoms with Gasteiger partial charge in [0, 0.05) is 25.6 Å². The average Bonchev–Trinajstić information content (AvgIpc) is 3.27. The lowest BCUT2D eigenvalue weighted by Crippen LogP contribution is -2.37.